The minimum atomic E-state index is -1.09. The van der Waals surface area contributed by atoms with Crippen LogP contribution in [-0.2, 0) is 0 Å². The molecule has 0 aliphatic carbocycles. The molecule has 3 rings (SSSR count). The molecule has 6 nitrogen and oxygen atoms in total. The fraction of sp³-hybridized carbons (Fsp3) is 0.0556. The Kier molecular flexibility index (Phi) is 5.04. The van der Waals surface area contributed by atoms with E-state index >= 15 is 0 Å². The van der Waals surface area contributed by atoms with Gasteiger partial charge in [-0.15, -0.1) is 0 Å². The number of nitrogens with two attached hydrogens (primary N) is 1. The summed E-state index contributed by atoms with van der Waals surface area (Å²) in [7, 11) is 1.20. The Morgan fingerprint density at radius 3 is 2.67 bits per heavy atom. The van der Waals surface area contributed by atoms with Crippen LogP contribution in [0.4, 0.5) is 14.7 Å². The second kappa shape index (κ2) is 7.28. The topological polar surface area (TPSA) is 98.3 Å². The number of nitrogens with zero attached hydrogens (tertiary/aromatic N) is 2. The number of hydrogen-bond donors (Lipinski definition) is 2. The molecule has 0 aliphatic heterocycles. The third kappa shape index (κ3) is 3.45. The quantitative estimate of drug-likeness (QED) is 0.478. The Morgan fingerprint density at radius 1 is 1.26 bits per heavy atom. The highest BCUT2D eigenvalue weighted by atomic mass is 79.9. The van der Waals surface area contributed by atoms with E-state index in [1.165, 1.54) is 37.6 Å². The normalized spacial score (nSPS) is 10.7. The highest BCUT2D eigenvalue weighted by Crippen LogP contribution is 2.34. The molecule has 1 heterocycles. The average molecular weight is 436 g/mol. The first-order valence-electron chi connectivity index (χ1n) is 7.51. The molecule has 2 aromatic carbocycles. The molecule has 1 aromatic heterocycles. The molecule has 3 N–H and O–H groups in total. The zero-order valence-electron chi connectivity index (χ0n) is 13.8. The molecule has 0 radical (unpaired) electrons. The van der Waals surface area contributed by atoms with Gasteiger partial charge in [-0.05, 0) is 40.2 Å². The number of aromatic nitrogens is 2. The van der Waals surface area contributed by atoms with Gasteiger partial charge in [-0.3, -0.25) is 4.79 Å². The molecule has 9 heteroatoms. The monoisotopic (exact) mass is 435 g/mol. The van der Waals surface area contributed by atoms with Crippen molar-refractivity contribution in [1.82, 2.24) is 9.97 Å². The zero-order valence-corrected chi connectivity index (χ0v) is 15.4. The van der Waals surface area contributed by atoms with E-state index in [4.69, 9.17) is 10.5 Å². The first-order chi connectivity index (χ1) is 12.8. The number of carbonyl (C=O) groups excluding carboxylic acids is 1. The fourth-order valence-electron chi connectivity index (χ4n) is 2.50. The molecule has 0 saturated carbocycles. The van der Waals surface area contributed by atoms with Crippen LogP contribution in [0.5, 0.6) is 11.5 Å². The van der Waals surface area contributed by atoms with Gasteiger partial charge in [0.1, 0.15) is 22.9 Å². The Balaban J connectivity index is 2.15. The molecular weight excluding hydrogens is 424 g/mol. The summed E-state index contributed by atoms with van der Waals surface area (Å²) in [6.07, 6.45) is 1.39. The molecule has 0 fully saturated rings. The van der Waals surface area contributed by atoms with Crippen LogP contribution in [0.1, 0.15) is 15.9 Å². The van der Waals surface area contributed by atoms with Crippen LogP contribution in [0.25, 0.3) is 11.3 Å². The lowest BCUT2D eigenvalue weighted by Crippen LogP contribution is -2.09. The van der Waals surface area contributed by atoms with Crippen LogP contribution in [0.15, 0.2) is 41.0 Å². The summed E-state index contributed by atoms with van der Waals surface area (Å²) in [6, 6.07) is 6.31. The minimum Gasteiger partial charge on any atom is -0.507 e. The van der Waals surface area contributed by atoms with Gasteiger partial charge in [0.2, 0.25) is 5.95 Å². The van der Waals surface area contributed by atoms with Crippen LogP contribution in [0, 0.1) is 11.6 Å². The van der Waals surface area contributed by atoms with Crippen LogP contribution in [0.2, 0.25) is 0 Å². The van der Waals surface area contributed by atoms with E-state index in [-0.39, 0.29) is 34.3 Å². The van der Waals surface area contributed by atoms with Gasteiger partial charge in [-0.2, -0.15) is 0 Å². The van der Waals surface area contributed by atoms with Crippen LogP contribution < -0.4 is 10.5 Å². The molecule has 0 spiro atoms. The number of methoxy groups -OCH3 is 1. The summed E-state index contributed by atoms with van der Waals surface area (Å²) in [5.41, 5.74) is 5.63. The molecule has 27 heavy (non-hydrogen) atoms. The van der Waals surface area contributed by atoms with E-state index in [1.54, 1.807) is 0 Å². The van der Waals surface area contributed by atoms with Crippen molar-refractivity contribution in [3.8, 4) is 22.8 Å². The lowest BCUT2D eigenvalue weighted by atomic mass is 9.98. The number of ether oxygens (including phenoxy) is 1. The van der Waals surface area contributed by atoms with Crippen molar-refractivity contribution in [3.05, 3.63) is 63.8 Å². The van der Waals surface area contributed by atoms with Crippen LogP contribution in [0.3, 0.4) is 0 Å². The number of hydrogen-bond acceptors (Lipinski definition) is 6. The van der Waals surface area contributed by atoms with Crippen molar-refractivity contribution in [2.75, 3.05) is 12.8 Å². The maximum atomic E-state index is 14.5. The van der Waals surface area contributed by atoms with Crippen molar-refractivity contribution in [3.63, 3.8) is 0 Å². The van der Waals surface area contributed by atoms with E-state index in [1.807, 2.05) is 0 Å². The third-order valence-electron chi connectivity index (χ3n) is 3.78. The van der Waals surface area contributed by atoms with E-state index in [9.17, 15) is 18.7 Å². The zero-order chi connectivity index (χ0) is 19.7. The molecule has 0 unspecified atom stereocenters. The summed E-state index contributed by atoms with van der Waals surface area (Å²) in [4.78, 5) is 20.6. The highest BCUT2D eigenvalue weighted by molar-refractivity contribution is 9.10. The number of ketones is 1. The molecule has 3 aromatic rings. The van der Waals surface area contributed by atoms with Crippen molar-refractivity contribution in [2.24, 2.45) is 0 Å². The number of phenols is 1. The molecule has 0 saturated heterocycles. The number of halogens is 3. The summed E-state index contributed by atoms with van der Waals surface area (Å²) in [6.45, 7) is 0. The lowest BCUT2D eigenvalue weighted by Gasteiger charge is -2.12. The highest BCUT2D eigenvalue weighted by Gasteiger charge is 2.25. The molecular formula is C18H12BrF2N3O3. The van der Waals surface area contributed by atoms with E-state index in [0.29, 0.717) is 0 Å². The van der Waals surface area contributed by atoms with Crippen molar-refractivity contribution >= 4 is 27.7 Å². The molecule has 0 aliphatic rings. The molecule has 0 atom stereocenters. The van der Waals surface area contributed by atoms with Crippen LogP contribution in [-0.4, -0.2) is 28.0 Å². The summed E-state index contributed by atoms with van der Waals surface area (Å²) in [5, 5.41) is 10.1. The standard InChI is InChI=1S/C18H12BrF2N3O3/c1-27-13-7-10(20)15(19)16(21)14(13)17(26)8-2-3-12(25)9(6-8)11-4-5-23-18(22)24-11/h2-7,25H,1H3,(H2,22,23,24). The number of carbonyl (C=O) groups is 1. The Morgan fingerprint density at radius 2 is 2.00 bits per heavy atom. The second-order valence-corrected chi connectivity index (χ2v) is 6.22. The Hall–Kier alpha value is -3.07. The number of nitrogen functional groups attached to an aromatic ring is 1. The maximum absolute atomic E-state index is 14.5. The van der Waals surface area contributed by atoms with Gasteiger partial charge in [0, 0.05) is 23.4 Å². The lowest BCUT2D eigenvalue weighted by molar-refractivity contribution is 0.103. The van der Waals surface area contributed by atoms with Gasteiger partial charge in [0.05, 0.1) is 17.3 Å². The number of aromatic hydroxyl groups is 1. The molecule has 0 amide bonds. The van der Waals surface area contributed by atoms with Crippen molar-refractivity contribution in [1.29, 1.82) is 0 Å². The maximum Gasteiger partial charge on any atom is 0.220 e. The van der Waals surface area contributed by atoms with Gasteiger partial charge in [0.15, 0.2) is 11.6 Å². The second-order valence-electron chi connectivity index (χ2n) is 5.42. The van der Waals surface area contributed by atoms with Crippen molar-refractivity contribution < 1.29 is 23.4 Å². The largest absolute Gasteiger partial charge is 0.507 e. The summed E-state index contributed by atoms with van der Waals surface area (Å²) >= 11 is 2.78. The van der Waals surface area contributed by atoms with Crippen LogP contribution >= 0.6 is 15.9 Å². The summed E-state index contributed by atoms with van der Waals surface area (Å²) < 4.78 is 32.7. The first kappa shape index (κ1) is 18.7. The first-order valence-corrected chi connectivity index (χ1v) is 8.31. The predicted octanol–water partition coefficient (Wildman–Crippen LogP) is 3.71. The average Bonchev–Trinajstić information content (AvgIpc) is 2.65. The minimum absolute atomic E-state index is 0.0150. The third-order valence-corrected chi connectivity index (χ3v) is 4.51. The fourth-order valence-corrected chi connectivity index (χ4v) is 2.81. The summed E-state index contributed by atoms with van der Waals surface area (Å²) in [5.74, 6) is -3.16. The number of benzene rings is 2. The van der Waals surface area contributed by atoms with E-state index in [0.717, 1.165) is 6.07 Å². The van der Waals surface area contributed by atoms with E-state index < -0.39 is 27.5 Å². The predicted molar refractivity (Wildman–Crippen MR) is 97.6 cm³/mol. The smallest absolute Gasteiger partial charge is 0.220 e. The number of phenolic OH excluding ortho intramolecular Hbond substituents is 1. The number of rotatable bonds is 4. The van der Waals surface area contributed by atoms with Crippen molar-refractivity contribution in [2.45, 2.75) is 0 Å². The van der Waals surface area contributed by atoms with Gasteiger partial charge < -0.3 is 15.6 Å². The van der Waals surface area contributed by atoms with Gasteiger partial charge >= 0.3 is 0 Å². The van der Waals surface area contributed by atoms with Gasteiger partial charge in [0.25, 0.3) is 0 Å². The van der Waals surface area contributed by atoms with Gasteiger partial charge in [-0.1, -0.05) is 0 Å². The SMILES string of the molecule is COc1cc(F)c(Br)c(F)c1C(=O)c1ccc(O)c(-c2ccnc(N)n2)c1. The van der Waals surface area contributed by atoms with E-state index in [2.05, 4.69) is 25.9 Å². The molecule has 0 bridgehead atoms. The Bertz CT molecular complexity index is 1060. The Labute approximate surface area is 160 Å². The van der Waals surface area contributed by atoms with Gasteiger partial charge in [-0.25, -0.2) is 18.7 Å². The number of anilines is 1. The molecule has 138 valence electrons.